The second-order valence-electron chi connectivity index (χ2n) is 3.04. The summed E-state index contributed by atoms with van der Waals surface area (Å²) in [7, 11) is 2.34. The van der Waals surface area contributed by atoms with Gasteiger partial charge in [-0.3, -0.25) is 4.79 Å². The van der Waals surface area contributed by atoms with Crippen LogP contribution in [0.15, 0.2) is 0 Å². The highest BCUT2D eigenvalue weighted by atomic mass is 128. The van der Waals surface area contributed by atoms with E-state index in [-0.39, 0.29) is 35.6 Å². The van der Waals surface area contributed by atoms with Crippen LogP contribution in [0.25, 0.3) is 0 Å². The normalized spacial score (nSPS) is 7.36. The van der Waals surface area contributed by atoms with Gasteiger partial charge >= 0.3 is 18.3 Å². The Morgan fingerprint density at radius 1 is 0.720 bits per heavy atom. The first-order chi connectivity index (χ1) is 10.5. The fraction of sp³-hybridized carbons (Fsp3) is 0.667. The van der Waals surface area contributed by atoms with E-state index in [1.165, 1.54) is 14.2 Å². The van der Waals surface area contributed by atoms with Crippen molar-refractivity contribution in [1.82, 2.24) is 21.3 Å². The van der Waals surface area contributed by atoms with Crippen molar-refractivity contribution >= 4 is 61.4 Å². The Morgan fingerprint density at radius 2 is 1.08 bits per heavy atom. The minimum absolute atomic E-state index is 0. The summed E-state index contributed by atoms with van der Waals surface area (Å²) in [6.45, 7) is -0.926. The smallest absolute Gasteiger partial charge is 0.409 e. The molecule has 0 atom stereocenters. The minimum atomic E-state index is -0.905. The van der Waals surface area contributed by atoms with Crippen molar-refractivity contribution in [3.8, 4) is 0 Å². The maximum Gasteiger partial charge on any atom is 0.409 e. The van der Waals surface area contributed by atoms with E-state index in [2.05, 4.69) is 72.7 Å². The Bertz CT molecular complexity index is 339. The molecule has 0 heterocycles. The maximum atomic E-state index is 11.1. The number of ether oxygens (including phenoxy) is 3. The largest absolute Gasteiger partial charge is 0.453 e. The Balaban J connectivity index is -0.000000256. The predicted molar refractivity (Wildman–Crippen MR) is 112 cm³/mol. The number of alkyl carbamates (subject to hydrolysis) is 3. The number of methoxy groups -OCH3 is 2. The molecule has 13 heteroatoms. The summed E-state index contributed by atoms with van der Waals surface area (Å²) in [6, 6.07) is 0. The van der Waals surface area contributed by atoms with E-state index in [1.54, 1.807) is 0 Å². The molecule has 0 aliphatic rings. The fourth-order valence-corrected chi connectivity index (χ4v) is 0.781. The van der Waals surface area contributed by atoms with E-state index >= 15 is 0 Å². The highest BCUT2D eigenvalue weighted by molar-refractivity contribution is 15.0. The van der Waals surface area contributed by atoms with Crippen LogP contribution in [-0.2, 0) is 19.0 Å². The molecule has 4 N–H and O–H groups in total. The Kier molecular flexibility index (Phi) is 34.9. The number of amides is 4. The summed E-state index contributed by atoms with van der Waals surface area (Å²) in [6.07, 6.45) is -2.34. The van der Waals surface area contributed by atoms with Gasteiger partial charge in [-0.25, -0.2) is 14.4 Å². The molecule has 11 nitrogen and oxygen atoms in total. The number of rotatable bonds is 6. The van der Waals surface area contributed by atoms with Gasteiger partial charge < -0.3 is 35.5 Å². The van der Waals surface area contributed by atoms with Crippen LogP contribution in [0, 0.1) is 0 Å². The second-order valence-corrected chi connectivity index (χ2v) is 3.04. The molecule has 0 aromatic rings. The van der Waals surface area contributed by atoms with Gasteiger partial charge in [-0.1, -0.05) is 22.3 Å². The first-order valence-electron chi connectivity index (χ1n) is 5.44. The molecular formula is C12H28I2N4O7. The molecule has 0 saturated heterocycles. The van der Waals surface area contributed by atoms with Gasteiger partial charge in [0.05, 0.1) is 27.6 Å². The molecule has 0 aliphatic carbocycles. The highest BCUT2D eigenvalue weighted by Crippen LogP contribution is 1.89. The van der Waals surface area contributed by atoms with Crippen LogP contribution in [-0.4, -0.2) is 58.4 Å². The molecule has 0 saturated carbocycles. The van der Waals surface area contributed by atoms with Crippen LogP contribution in [0.4, 0.5) is 14.4 Å². The number of carbonyl (C=O) groups is 4. The number of carbonyl (C=O) groups excluding carboxylic acids is 4. The summed E-state index contributed by atoms with van der Waals surface area (Å²) in [5.74, 6) is -0.627. The molecule has 0 fully saturated rings. The summed E-state index contributed by atoms with van der Waals surface area (Å²) in [5, 5.41) is 8.75. The predicted octanol–water partition coefficient (Wildman–Crippen LogP) is 2.14. The average molecular weight is 594 g/mol. The average Bonchev–Trinajstić information content (AvgIpc) is 2.54. The third-order valence-corrected chi connectivity index (χ3v) is 1.69. The van der Waals surface area contributed by atoms with Crippen LogP contribution in [0.2, 0.25) is 0 Å². The minimum Gasteiger partial charge on any atom is -0.453 e. The first-order valence-corrected chi connectivity index (χ1v) is 11.7. The lowest BCUT2D eigenvalue weighted by Crippen LogP contribution is -2.41. The number of halogens is 2. The molecular weight excluding hydrogens is 566 g/mol. The van der Waals surface area contributed by atoms with Crippen LogP contribution in [0.3, 0.4) is 0 Å². The van der Waals surface area contributed by atoms with E-state index < -0.39 is 30.8 Å². The zero-order chi connectivity index (χ0) is 17.4. The Morgan fingerprint density at radius 3 is 1.48 bits per heavy atom. The molecule has 0 rings (SSSR count). The van der Waals surface area contributed by atoms with Gasteiger partial charge in [0.2, 0.25) is 0 Å². The number of hydrogen-bond donors (Lipinski definition) is 4. The number of hydrogen-bond acceptors (Lipinski definition) is 7. The fourth-order valence-electron chi connectivity index (χ4n) is 0.781. The van der Waals surface area contributed by atoms with Crippen LogP contribution in [0.1, 0.15) is 22.3 Å². The lowest BCUT2D eigenvalue weighted by Gasteiger charge is -2.08. The molecule has 4 amide bonds. The van der Waals surface area contributed by atoms with Crippen molar-refractivity contribution in [1.29, 1.82) is 0 Å². The quantitative estimate of drug-likeness (QED) is 0.210. The van der Waals surface area contributed by atoms with Crippen molar-refractivity contribution in [2.24, 2.45) is 0 Å². The van der Waals surface area contributed by atoms with Crippen molar-refractivity contribution in [3.63, 3.8) is 0 Å². The van der Waals surface area contributed by atoms with E-state index in [9.17, 15) is 19.2 Å². The lowest BCUT2D eigenvalue weighted by atomic mass is 10.6. The van der Waals surface area contributed by atoms with E-state index in [1.807, 2.05) is 0 Å². The molecule has 0 aliphatic heterocycles. The highest BCUT2D eigenvalue weighted by Gasteiger charge is 2.07. The van der Waals surface area contributed by atoms with Gasteiger partial charge in [0.1, 0.15) is 0 Å². The zero-order valence-electron chi connectivity index (χ0n) is 11.7. The SMILES string of the molecule is C.C.C.COC(=O)NCNC(=O)COC(=O)NCNC(=O)OC.II. The summed E-state index contributed by atoms with van der Waals surface area (Å²) < 4.78 is 13.0. The molecule has 152 valence electrons. The van der Waals surface area contributed by atoms with Crippen LogP contribution < -0.4 is 21.3 Å². The Hall–Kier alpha value is -1.26. The molecule has 0 aromatic heterocycles. The topological polar surface area (TPSA) is 144 Å². The van der Waals surface area contributed by atoms with Crippen molar-refractivity contribution in [2.45, 2.75) is 22.3 Å². The standard InChI is InChI=1S/C9H16N4O7.3CH4.I2/c1-18-7(15)11-4-10-6(14)3-20-9(17)13-5-12-8(16)19-2;;;;1-2/h3-5H2,1-2H3,(H,10,14)(H,11,15)(H,12,16)(H,13,17);3*1H4;. The summed E-state index contributed by atoms with van der Waals surface area (Å²) in [4.78, 5) is 43.5. The molecule has 25 heavy (non-hydrogen) atoms. The monoisotopic (exact) mass is 594 g/mol. The van der Waals surface area contributed by atoms with Gasteiger partial charge in [-0.05, 0) is 0 Å². The van der Waals surface area contributed by atoms with Gasteiger partial charge in [-0.15, -0.1) is 0 Å². The molecule has 0 radical (unpaired) electrons. The van der Waals surface area contributed by atoms with Crippen molar-refractivity contribution in [3.05, 3.63) is 0 Å². The van der Waals surface area contributed by atoms with Crippen molar-refractivity contribution < 1.29 is 33.4 Å². The maximum absolute atomic E-state index is 11.1. The van der Waals surface area contributed by atoms with Gasteiger partial charge in [0, 0.05) is 37.2 Å². The van der Waals surface area contributed by atoms with Crippen molar-refractivity contribution in [2.75, 3.05) is 34.2 Å². The van der Waals surface area contributed by atoms with E-state index in [4.69, 9.17) is 0 Å². The lowest BCUT2D eigenvalue weighted by molar-refractivity contribution is -0.124. The van der Waals surface area contributed by atoms with Crippen LogP contribution >= 0.6 is 37.2 Å². The zero-order valence-corrected chi connectivity index (χ0v) is 16.0. The third-order valence-electron chi connectivity index (χ3n) is 1.69. The summed E-state index contributed by atoms with van der Waals surface area (Å²) in [5.41, 5.74) is 0. The molecule has 0 aromatic carbocycles. The summed E-state index contributed by atoms with van der Waals surface area (Å²) >= 11 is 4.24. The third kappa shape index (κ3) is 25.1. The first kappa shape index (κ1) is 35.0. The molecule has 0 bridgehead atoms. The van der Waals surface area contributed by atoms with Gasteiger partial charge in [0.25, 0.3) is 5.91 Å². The van der Waals surface area contributed by atoms with E-state index in [0.717, 1.165) is 0 Å². The molecule has 0 unspecified atom stereocenters. The second kappa shape index (κ2) is 25.0. The van der Waals surface area contributed by atoms with E-state index in [0.29, 0.717) is 0 Å². The Labute approximate surface area is 172 Å². The van der Waals surface area contributed by atoms with Gasteiger partial charge in [0.15, 0.2) is 6.61 Å². The molecule has 0 spiro atoms. The van der Waals surface area contributed by atoms with Crippen LogP contribution in [0.5, 0.6) is 0 Å². The number of nitrogens with one attached hydrogen (secondary N) is 4. The van der Waals surface area contributed by atoms with Gasteiger partial charge in [-0.2, -0.15) is 0 Å².